The van der Waals surface area contributed by atoms with Crippen molar-refractivity contribution in [2.45, 2.75) is 65.2 Å². The topological polar surface area (TPSA) is 69.7 Å². The number of rotatable bonds is 10. The molecule has 1 aliphatic carbocycles. The van der Waals surface area contributed by atoms with Crippen LogP contribution in [0.4, 0.5) is 0 Å². The van der Waals surface area contributed by atoms with Gasteiger partial charge >= 0.3 is 0 Å². The lowest BCUT2D eigenvalue weighted by molar-refractivity contribution is -0.140. The van der Waals surface area contributed by atoms with Gasteiger partial charge in [0.25, 0.3) is 0 Å². The molecular formula is C22H37N3O3. The maximum Gasteiger partial charge on any atom is 0.222 e. The summed E-state index contributed by atoms with van der Waals surface area (Å²) in [4.78, 5) is 40.0. The van der Waals surface area contributed by atoms with Crippen molar-refractivity contribution in [2.24, 2.45) is 11.8 Å². The zero-order chi connectivity index (χ0) is 20.4. The smallest absolute Gasteiger partial charge is 0.222 e. The number of carbonyl (C=O) groups is 3. The predicted octanol–water partition coefficient (Wildman–Crippen LogP) is 2.74. The maximum absolute atomic E-state index is 12.3. The predicted molar refractivity (Wildman–Crippen MR) is 111 cm³/mol. The number of allylic oxidation sites excluding steroid dienone is 2. The molecule has 1 atom stereocenters. The van der Waals surface area contributed by atoms with E-state index in [1.807, 2.05) is 9.80 Å². The Balaban J connectivity index is 1.49. The molecule has 1 saturated heterocycles. The molecule has 0 aromatic rings. The van der Waals surface area contributed by atoms with E-state index < -0.39 is 0 Å². The Labute approximate surface area is 169 Å². The van der Waals surface area contributed by atoms with Crippen molar-refractivity contribution in [1.82, 2.24) is 15.1 Å². The summed E-state index contributed by atoms with van der Waals surface area (Å²) in [5, 5.41) is 2.98. The highest BCUT2D eigenvalue weighted by atomic mass is 16.2. The number of carbonyl (C=O) groups excluding carboxylic acids is 3. The average molecular weight is 392 g/mol. The van der Waals surface area contributed by atoms with Gasteiger partial charge in [-0.2, -0.15) is 0 Å². The van der Waals surface area contributed by atoms with Crippen molar-refractivity contribution in [1.29, 1.82) is 0 Å². The van der Waals surface area contributed by atoms with E-state index in [1.54, 1.807) is 0 Å². The summed E-state index contributed by atoms with van der Waals surface area (Å²) in [6.45, 7) is 7.40. The fraction of sp³-hybridized carbons (Fsp3) is 0.773. The summed E-state index contributed by atoms with van der Waals surface area (Å²) in [6.07, 6.45) is 10.9. The van der Waals surface area contributed by atoms with Crippen molar-refractivity contribution in [3.8, 4) is 0 Å². The molecule has 0 bridgehead atoms. The Morgan fingerprint density at radius 1 is 1.00 bits per heavy atom. The highest BCUT2D eigenvalue weighted by Crippen LogP contribution is 2.20. The standard InChI is InChI=1S/C22H37N3O3/c1-18(2)16-22(28)25-14-12-24(13-15-25)21(27)10-4-3-7-11-23-20(26)17-19-8-5-6-9-19/h5,8,18-19H,3-4,6-7,9-17H2,1-2H3,(H,23,26)/t19-/m1/s1. The van der Waals surface area contributed by atoms with Gasteiger partial charge in [0.05, 0.1) is 0 Å². The highest BCUT2D eigenvalue weighted by Gasteiger charge is 2.24. The van der Waals surface area contributed by atoms with Gasteiger partial charge in [-0.15, -0.1) is 0 Å². The molecule has 6 nitrogen and oxygen atoms in total. The largest absolute Gasteiger partial charge is 0.356 e. The lowest BCUT2D eigenvalue weighted by Gasteiger charge is -2.35. The van der Waals surface area contributed by atoms with E-state index in [9.17, 15) is 14.4 Å². The number of unbranched alkanes of at least 4 members (excludes halogenated alkanes) is 2. The van der Waals surface area contributed by atoms with Gasteiger partial charge in [-0.1, -0.05) is 32.4 Å². The molecule has 158 valence electrons. The summed E-state index contributed by atoms with van der Waals surface area (Å²) in [5.41, 5.74) is 0. The molecule has 6 heteroatoms. The number of hydrogen-bond acceptors (Lipinski definition) is 3. The SMILES string of the molecule is CC(C)CC(=O)N1CCN(C(=O)CCCCCNC(=O)C[C@@H]2C=CCC2)CC1. The third-order valence-corrected chi connectivity index (χ3v) is 5.52. The van der Waals surface area contributed by atoms with Gasteiger partial charge < -0.3 is 15.1 Å². The van der Waals surface area contributed by atoms with Crippen molar-refractivity contribution in [2.75, 3.05) is 32.7 Å². The van der Waals surface area contributed by atoms with Crippen molar-refractivity contribution < 1.29 is 14.4 Å². The van der Waals surface area contributed by atoms with Crippen LogP contribution in [-0.2, 0) is 14.4 Å². The first kappa shape index (κ1) is 22.4. The van der Waals surface area contributed by atoms with Crippen LogP contribution in [0.5, 0.6) is 0 Å². The van der Waals surface area contributed by atoms with E-state index in [0.29, 0.717) is 63.8 Å². The Morgan fingerprint density at radius 3 is 2.29 bits per heavy atom. The Hall–Kier alpha value is -1.85. The van der Waals surface area contributed by atoms with Crippen LogP contribution in [0.3, 0.4) is 0 Å². The number of nitrogens with zero attached hydrogens (tertiary/aromatic N) is 2. The molecule has 2 rings (SSSR count). The molecule has 0 unspecified atom stereocenters. The second kappa shape index (κ2) is 11.9. The fourth-order valence-electron chi connectivity index (χ4n) is 3.82. The van der Waals surface area contributed by atoms with Crippen LogP contribution < -0.4 is 5.32 Å². The van der Waals surface area contributed by atoms with Crippen LogP contribution in [0.25, 0.3) is 0 Å². The first-order valence-electron chi connectivity index (χ1n) is 10.9. The Bertz CT molecular complexity index is 551. The summed E-state index contributed by atoms with van der Waals surface area (Å²) < 4.78 is 0. The van der Waals surface area contributed by atoms with Gasteiger partial charge in [-0.3, -0.25) is 14.4 Å². The van der Waals surface area contributed by atoms with E-state index in [0.717, 1.165) is 32.1 Å². The second-order valence-electron chi connectivity index (χ2n) is 8.49. The molecule has 1 N–H and O–H groups in total. The quantitative estimate of drug-likeness (QED) is 0.460. The van der Waals surface area contributed by atoms with Gasteiger partial charge in [-0.05, 0) is 37.5 Å². The second-order valence-corrected chi connectivity index (χ2v) is 8.49. The van der Waals surface area contributed by atoms with Gasteiger partial charge in [0.1, 0.15) is 0 Å². The lowest BCUT2D eigenvalue weighted by atomic mass is 10.1. The van der Waals surface area contributed by atoms with Crippen LogP contribution in [0.1, 0.15) is 65.2 Å². The van der Waals surface area contributed by atoms with Crippen LogP contribution in [0.2, 0.25) is 0 Å². The van der Waals surface area contributed by atoms with E-state index in [1.165, 1.54) is 0 Å². The molecule has 1 aliphatic heterocycles. The zero-order valence-corrected chi connectivity index (χ0v) is 17.6. The maximum atomic E-state index is 12.3. The number of nitrogens with one attached hydrogen (secondary N) is 1. The molecule has 2 aliphatic rings. The van der Waals surface area contributed by atoms with Crippen molar-refractivity contribution >= 4 is 17.7 Å². The molecule has 0 radical (unpaired) electrons. The van der Waals surface area contributed by atoms with Crippen molar-refractivity contribution in [3.05, 3.63) is 12.2 Å². The normalized spacial score (nSPS) is 19.3. The minimum Gasteiger partial charge on any atom is -0.356 e. The minimum absolute atomic E-state index is 0.137. The van der Waals surface area contributed by atoms with Crippen LogP contribution in [0, 0.1) is 11.8 Å². The molecule has 0 spiro atoms. The first-order valence-corrected chi connectivity index (χ1v) is 10.9. The third kappa shape index (κ3) is 8.03. The summed E-state index contributed by atoms with van der Waals surface area (Å²) in [5.74, 6) is 1.31. The molecular weight excluding hydrogens is 354 g/mol. The molecule has 28 heavy (non-hydrogen) atoms. The molecule has 0 aromatic heterocycles. The summed E-state index contributed by atoms with van der Waals surface area (Å²) in [7, 11) is 0. The van der Waals surface area contributed by atoms with Gasteiger partial charge in [0.15, 0.2) is 0 Å². The van der Waals surface area contributed by atoms with Crippen LogP contribution in [0.15, 0.2) is 12.2 Å². The lowest BCUT2D eigenvalue weighted by Crippen LogP contribution is -2.50. The van der Waals surface area contributed by atoms with Gasteiger partial charge in [0, 0.05) is 52.0 Å². The van der Waals surface area contributed by atoms with E-state index in [4.69, 9.17) is 0 Å². The fourth-order valence-corrected chi connectivity index (χ4v) is 3.82. The Kier molecular flexibility index (Phi) is 9.51. The monoisotopic (exact) mass is 391 g/mol. The third-order valence-electron chi connectivity index (χ3n) is 5.52. The first-order chi connectivity index (χ1) is 13.5. The highest BCUT2D eigenvalue weighted by molar-refractivity contribution is 5.78. The van der Waals surface area contributed by atoms with Crippen LogP contribution >= 0.6 is 0 Å². The van der Waals surface area contributed by atoms with E-state index in [-0.39, 0.29) is 17.7 Å². The van der Waals surface area contributed by atoms with E-state index in [2.05, 4.69) is 31.3 Å². The van der Waals surface area contributed by atoms with Crippen molar-refractivity contribution in [3.63, 3.8) is 0 Å². The zero-order valence-electron chi connectivity index (χ0n) is 17.6. The molecule has 1 heterocycles. The molecule has 0 aromatic carbocycles. The number of piperazine rings is 1. The van der Waals surface area contributed by atoms with Gasteiger partial charge in [0.2, 0.25) is 17.7 Å². The van der Waals surface area contributed by atoms with Crippen LogP contribution in [-0.4, -0.2) is 60.2 Å². The Morgan fingerprint density at radius 2 is 1.68 bits per heavy atom. The average Bonchev–Trinajstić information content (AvgIpc) is 3.16. The molecule has 0 saturated carbocycles. The summed E-state index contributed by atoms with van der Waals surface area (Å²) >= 11 is 0. The van der Waals surface area contributed by atoms with E-state index >= 15 is 0 Å². The molecule has 3 amide bonds. The summed E-state index contributed by atoms with van der Waals surface area (Å²) in [6, 6.07) is 0. The number of hydrogen-bond donors (Lipinski definition) is 1. The molecule has 1 fully saturated rings. The minimum atomic E-state index is 0.137. The van der Waals surface area contributed by atoms with Gasteiger partial charge in [-0.25, -0.2) is 0 Å². The number of amides is 3.